The summed E-state index contributed by atoms with van der Waals surface area (Å²) in [7, 11) is 1.48. The zero-order chi connectivity index (χ0) is 18.5. The second-order valence-corrected chi connectivity index (χ2v) is 5.30. The predicted octanol–water partition coefficient (Wildman–Crippen LogP) is 2.75. The van der Waals surface area contributed by atoms with Crippen molar-refractivity contribution in [1.82, 2.24) is 20.4 Å². The van der Waals surface area contributed by atoms with Gasteiger partial charge in [-0.25, -0.2) is 14.9 Å². The average molecular weight is 371 g/mol. The number of pyridine rings is 1. The summed E-state index contributed by atoms with van der Waals surface area (Å²) >= 11 is 6.02. The molecule has 8 nitrogen and oxygen atoms in total. The lowest BCUT2D eigenvalue weighted by Gasteiger charge is -2.03. The van der Waals surface area contributed by atoms with Crippen LogP contribution in [0.2, 0.25) is 5.02 Å². The van der Waals surface area contributed by atoms with E-state index in [1.807, 2.05) is 0 Å². The van der Waals surface area contributed by atoms with Crippen LogP contribution < -0.4 is 9.47 Å². The standard InChI is InChI=1S/C17H11ClN4O4/c1-25-15-13(18)8-11(9-19-15)6-5-10-3-2-4-12(7-10)26-16-14(17(23)24)20-22-21-16/h2-4,7-9H,1H3,(H,23,24)(H,20,21,22). The van der Waals surface area contributed by atoms with Crippen molar-refractivity contribution in [3.63, 3.8) is 0 Å². The minimum atomic E-state index is -1.24. The van der Waals surface area contributed by atoms with Gasteiger partial charge in [0.05, 0.1) is 7.11 Å². The molecule has 0 aliphatic heterocycles. The number of carboxylic acid groups (broad SMARTS) is 1. The third-order valence-corrected chi connectivity index (χ3v) is 3.40. The van der Waals surface area contributed by atoms with Gasteiger partial charge in [0, 0.05) is 17.3 Å². The highest BCUT2D eigenvalue weighted by molar-refractivity contribution is 6.31. The summed E-state index contributed by atoms with van der Waals surface area (Å²) in [5.74, 6) is 5.30. The first kappa shape index (κ1) is 17.3. The molecule has 0 saturated carbocycles. The number of aromatic carboxylic acids is 1. The molecule has 2 N–H and O–H groups in total. The zero-order valence-electron chi connectivity index (χ0n) is 13.4. The summed E-state index contributed by atoms with van der Waals surface area (Å²) in [6.45, 7) is 0. The Morgan fingerprint density at radius 3 is 2.81 bits per heavy atom. The molecule has 1 aromatic carbocycles. The summed E-state index contributed by atoms with van der Waals surface area (Å²) in [5, 5.41) is 18.6. The molecule has 130 valence electrons. The van der Waals surface area contributed by atoms with E-state index < -0.39 is 5.97 Å². The smallest absolute Gasteiger partial charge is 0.362 e. The topological polar surface area (TPSA) is 110 Å². The quantitative estimate of drug-likeness (QED) is 0.679. The Labute approximate surface area is 152 Å². The van der Waals surface area contributed by atoms with Crippen molar-refractivity contribution >= 4 is 17.6 Å². The van der Waals surface area contributed by atoms with Gasteiger partial charge < -0.3 is 14.6 Å². The highest BCUT2D eigenvalue weighted by atomic mass is 35.5. The lowest BCUT2D eigenvalue weighted by Crippen LogP contribution is -1.99. The van der Waals surface area contributed by atoms with E-state index in [2.05, 4.69) is 32.2 Å². The Bertz CT molecular complexity index is 1020. The summed E-state index contributed by atoms with van der Waals surface area (Å²) in [6, 6.07) is 8.46. The minimum absolute atomic E-state index is 0.0613. The largest absolute Gasteiger partial charge is 0.480 e. The molecule has 2 aromatic heterocycles. The lowest BCUT2D eigenvalue weighted by molar-refractivity contribution is 0.0687. The number of ether oxygens (including phenoxy) is 2. The molecule has 0 radical (unpaired) electrons. The molecule has 0 unspecified atom stereocenters. The summed E-state index contributed by atoms with van der Waals surface area (Å²) in [5.41, 5.74) is 0.965. The predicted molar refractivity (Wildman–Crippen MR) is 91.6 cm³/mol. The van der Waals surface area contributed by atoms with E-state index in [1.165, 1.54) is 7.11 Å². The summed E-state index contributed by atoms with van der Waals surface area (Å²) in [4.78, 5) is 15.1. The second kappa shape index (κ2) is 7.55. The molecule has 0 bridgehead atoms. The van der Waals surface area contributed by atoms with Gasteiger partial charge in [-0.05, 0) is 24.3 Å². The van der Waals surface area contributed by atoms with Crippen molar-refractivity contribution < 1.29 is 19.4 Å². The van der Waals surface area contributed by atoms with Gasteiger partial charge in [0.2, 0.25) is 11.6 Å². The molecule has 3 aromatic rings. The molecule has 2 heterocycles. The molecule has 0 aliphatic rings. The van der Waals surface area contributed by atoms with E-state index in [0.717, 1.165) is 0 Å². The van der Waals surface area contributed by atoms with Crippen LogP contribution in [0.3, 0.4) is 0 Å². The number of benzene rings is 1. The van der Waals surface area contributed by atoms with Crippen molar-refractivity contribution in [1.29, 1.82) is 0 Å². The van der Waals surface area contributed by atoms with Crippen molar-refractivity contribution in [2.75, 3.05) is 7.11 Å². The van der Waals surface area contributed by atoms with Crippen LogP contribution in [-0.2, 0) is 0 Å². The highest BCUT2D eigenvalue weighted by Gasteiger charge is 2.16. The molecule has 0 fully saturated rings. The minimum Gasteiger partial charge on any atom is -0.480 e. The molecule has 0 atom stereocenters. The maximum atomic E-state index is 11.0. The number of rotatable bonds is 4. The third kappa shape index (κ3) is 3.91. The molecular weight excluding hydrogens is 360 g/mol. The molecular formula is C17H11ClN4O4. The number of halogens is 1. The van der Waals surface area contributed by atoms with E-state index in [0.29, 0.717) is 27.8 Å². The first-order chi connectivity index (χ1) is 12.6. The number of nitrogens with zero attached hydrogens (tertiary/aromatic N) is 3. The van der Waals surface area contributed by atoms with Crippen molar-refractivity contribution in [3.05, 3.63) is 58.4 Å². The SMILES string of the molecule is COc1ncc(C#Cc2cccc(Oc3[nH]nnc3C(=O)O)c2)cc1Cl. The van der Waals surface area contributed by atoms with Crippen LogP contribution in [0, 0.1) is 11.8 Å². The third-order valence-electron chi connectivity index (χ3n) is 3.13. The maximum Gasteiger partial charge on any atom is 0.362 e. The van der Waals surface area contributed by atoms with E-state index in [1.54, 1.807) is 36.5 Å². The first-order valence-electron chi connectivity index (χ1n) is 7.20. The zero-order valence-corrected chi connectivity index (χ0v) is 14.1. The number of nitrogens with one attached hydrogen (secondary N) is 1. The van der Waals surface area contributed by atoms with Gasteiger partial charge in [-0.1, -0.05) is 34.7 Å². The van der Waals surface area contributed by atoms with E-state index in [4.69, 9.17) is 26.2 Å². The Morgan fingerprint density at radius 1 is 1.27 bits per heavy atom. The molecule has 0 saturated heterocycles. The number of carboxylic acids is 1. The number of hydrogen-bond acceptors (Lipinski definition) is 6. The molecule has 0 spiro atoms. The summed E-state index contributed by atoms with van der Waals surface area (Å²) in [6.07, 6.45) is 1.55. The van der Waals surface area contributed by atoms with Gasteiger partial charge in [0.1, 0.15) is 10.8 Å². The van der Waals surface area contributed by atoms with Crippen LogP contribution in [0.5, 0.6) is 17.5 Å². The Hall–Kier alpha value is -3.57. The number of carbonyl (C=O) groups is 1. The van der Waals surface area contributed by atoms with Gasteiger partial charge in [-0.15, -0.1) is 5.10 Å². The molecule has 3 rings (SSSR count). The highest BCUT2D eigenvalue weighted by Crippen LogP contribution is 2.23. The van der Waals surface area contributed by atoms with Gasteiger partial charge in [0.15, 0.2) is 0 Å². The van der Waals surface area contributed by atoms with Crippen LogP contribution in [0.1, 0.15) is 21.6 Å². The number of aromatic nitrogens is 4. The van der Waals surface area contributed by atoms with Crippen LogP contribution >= 0.6 is 11.6 Å². The van der Waals surface area contributed by atoms with Gasteiger partial charge in [-0.3, -0.25) is 0 Å². The second-order valence-electron chi connectivity index (χ2n) is 4.89. The fourth-order valence-electron chi connectivity index (χ4n) is 1.97. The number of methoxy groups -OCH3 is 1. The Balaban J connectivity index is 1.81. The van der Waals surface area contributed by atoms with E-state index in [9.17, 15) is 4.79 Å². The van der Waals surface area contributed by atoms with Crippen LogP contribution in [0.25, 0.3) is 0 Å². The van der Waals surface area contributed by atoms with Gasteiger partial charge >= 0.3 is 5.97 Å². The number of aromatic amines is 1. The molecule has 26 heavy (non-hydrogen) atoms. The fraction of sp³-hybridized carbons (Fsp3) is 0.0588. The Morgan fingerprint density at radius 2 is 2.08 bits per heavy atom. The maximum absolute atomic E-state index is 11.0. The molecule has 0 amide bonds. The summed E-state index contributed by atoms with van der Waals surface area (Å²) < 4.78 is 10.5. The van der Waals surface area contributed by atoms with Crippen molar-refractivity contribution in [2.24, 2.45) is 0 Å². The average Bonchev–Trinajstić information content (AvgIpc) is 3.09. The number of hydrogen-bond donors (Lipinski definition) is 2. The Kier molecular flexibility index (Phi) is 5.01. The van der Waals surface area contributed by atoms with Gasteiger partial charge in [-0.2, -0.15) is 0 Å². The first-order valence-corrected chi connectivity index (χ1v) is 7.58. The molecule has 0 aliphatic carbocycles. The van der Waals surface area contributed by atoms with Crippen LogP contribution in [0.15, 0.2) is 36.5 Å². The van der Waals surface area contributed by atoms with E-state index >= 15 is 0 Å². The number of H-pyrrole nitrogens is 1. The molecule has 9 heteroatoms. The van der Waals surface area contributed by atoms with Crippen LogP contribution in [0.4, 0.5) is 0 Å². The van der Waals surface area contributed by atoms with Crippen molar-refractivity contribution in [3.8, 4) is 29.4 Å². The fourth-order valence-corrected chi connectivity index (χ4v) is 2.22. The monoisotopic (exact) mass is 370 g/mol. The normalized spacial score (nSPS) is 9.92. The van der Waals surface area contributed by atoms with Crippen molar-refractivity contribution in [2.45, 2.75) is 0 Å². The van der Waals surface area contributed by atoms with E-state index in [-0.39, 0.29) is 11.6 Å². The van der Waals surface area contributed by atoms with Crippen LogP contribution in [-0.4, -0.2) is 38.6 Å². The lowest BCUT2D eigenvalue weighted by atomic mass is 10.2. The van der Waals surface area contributed by atoms with Gasteiger partial charge in [0.25, 0.3) is 5.88 Å².